The van der Waals surface area contributed by atoms with Gasteiger partial charge in [-0.25, -0.2) is 0 Å². The second-order valence-electron chi connectivity index (χ2n) is 7.53. The van der Waals surface area contributed by atoms with E-state index in [0.29, 0.717) is 50.4 Å². The highest BCUT2D eigenvalue weighted by Crippen LogP contribution is 2.36. The number of ether oxygens (including phenoxy) is 2. The Hall–Kier alpha value is -3.08. The summed E-state index contributed by atoms with van der Waals surface area (Å²) in [5.41, 5.74) is 1.80. The van der Waals surface area contributed by atoms with Crippen LogP contribution in [-0.4, -0.2) is 49.7 Å². The van der Waals surface area contributed by atoms with Gasteiger partial charge in [-0.2, -0.15) is 10.2 Å². The van der Waals surface area contributed by atoms with Crippen molar-refractivity contribution in [2.75, 3.05) is 27.3 Å². The molecular formula is C22H28N4O4. The molecule has 1 aromatic rings. The van der Waals surface area contributed by atoms with Gasteiger partial charge in [0.1, 0.15) is 0 Å². The van der Waals surface area contributed by atoms with E-state index in [1.54, 1.807) is 19.1 Å². The summed E-state index contributed by atoms with van der Waals surface area (Å²) in [4.78, 5) is 26.5. The molecule has 2 amide bonds. The zero-order valence-electron chi connectivity index (χ0n) is 17.6. The van der Waals surface area contributed by atoms with Crippen molar-refractivity contribution in [3.63, 3.8) is 0 Å². The normalized spacial score (nSPS) is 15.7. The van der Waals surface area contributed by atoms with Crippen molar-refractivity contribution in [2.45, 2.75) is 50.7 Å². The minimum absolute atomic E-state index is 0.0248. The Labute approximate surface area is 177 Å². The average molecular weight is 412 g/mol. The zero-order chi connectivity index (χ0) is 21.6. The van der Waals surface area contributed by atoms with Crippen LogP contribution in [0.3, 0.4) is 0 Å². The second kappa shape index (κ2) is 9.61. The number of methoxy groups -OCH3 is 2. The van der Waals surface area contributed by atoms with Gasteiger partial charge in [-0.15, -0.1) is 12.3 Å². The molecule has 8 heteroatoms. The standard InChI is InChI=1S/C22H28N4O4/c1-4-5-9-22(24-25-22)10-11-23-20(27)6-7-21(28)26-12-8-16-13-18(29-2)19(30-3)14-17(16)15-26/h1,13-14H,5-12,15H2,2-3H3,(H,23,27). The Morgan fingerprint density at radius 2 is 1.87 bits per heavy atom. The van der Waals surface area contributed by atoms with Gasteiger partial charge in [-0.3, -0.25) is 9.59 Å². The van der Waals surface area contributed by atoms with Crippen LogP contribution in [0.2, 0.25) is 0 Å². The molecule has 0 spiro atoms. The molecule has 0 aromatic heterocycles. The molecule has 0 unspecified atom stereocenters. The van der Waals surface area contributed by atoms with Gasteiger partial charge < -0.3 is 19.7 Å². The molecule has 160 valence electrons. The Bertz CT molecular complexity index is 869. The van der Waals surface area contributed by atoms with Crippen molar-refractivity contribution in [3.05, 3.63) is 23.3 Å². The van der Waals surface area contributed by atoms with Crippen molar-refractivity contribution in [1.82, 2.24) is 10.2 Å². The van der Waals surface area contributed by atoms with Gasteiger partial charge in [-0.1, -0.05) is 0 Å². The molecule has 2 aliphatic rings. The average Bonchev–Trinajstić information content (AvgIpc) is 3.54. The van der Waals surface area contributed by atoms with Crippen molar-refractivity contribution >= 4 is 11.8 Å². The number of carbonyl (C=O) groups is 2. The topological polar surface area (TPSA) is 92.6 Å². The Morgan fingerprint density at radius 1 is 1.17 bits per heavy atom. The molecule has 0 fully saturated rings. The fraction of sp³-hybridized carbons (Fsp3) is 0.545. The fourth-order valence-electron chi connectivity index (χ4n) is 3.63. The van der Waals surface area contributed by atoms with Crippen LogP contribution in [0.5, 0.6) is 11.5 Å². The number of hydrogen-bond acceptors (Lipinski definition) is 6. The molecule has 2 aliphatic heterocycles. The summed E-state index contributed by atoms with van der Waals surface area (Å²) in [7, 11) is 3.20. The first kappa shape index (κ1) is 21.6. The summed E-state index contributed by atoms with van der Waals surface area (Å²) >= 11 is 0. The van der Waals surface area contributed by atoms with E-state index in [-0.39, 0.29) is 24.7 Å². The summed E-state index contributed by atoms with van der Waals surface area (Å²) in [6, 6.07) is 3.89. The van der Waals surface area contributed by atoms with E-state index >= 15 is 0 Å². The van der Waals surface area contributed by atoms with Gasteiger partial charge in [0.2, 0.25) is 11.8 Å². The summed E-state index contributed by atoms with van der Waals surface area (Å²) in [5, 5.41) is 10.9. The number of benzene rings is 1. The third kappa shape index (κ3) is 5.29. The molecule has 0 radical (unpaired) electrons. The van der Waals surface area contributed by atoms with E-state index in [4.69, 9.17) is 15.9 Å². The van der Waals surface area contributed by atoms with Crippen molar-refractivity contribution in [3.8, 4) is 23.8 Å². The number of hydrogen-bond donors (Lipinski definition) is 1. The minimum atomic E-state index is -0.402. The summed E-state index contributed by atoms with van der Waals surface area (Å²) in [6.07, 6.45) is 8.35. The number of terminal acetylenes is 1. The van der Waals surface area contributed by atoms with Gasteiger partial charge in [-0.05, 0) is 29.7 Å². The first-order valence-corrected chi connectivity index (χ1v) is 10.2. The van der Waals surface area contributed by atoms with Crippen LogP contribution < -0.4 is 14.8 Å². The SMILES string of the molecule is C#CCCC1(CCNC(=O)CCC(=O)N2CCc3cc(OC)c(OC)cc3C2)N=N1. The highest BCUT2D eigenvalue weighted by Gasteiger charge is 2.38. The largest absolute Gasteiger partial charge is 0.493 e. The van der Waals surface area contributed by atoms with Crippen LogP contribution in [0, 0.1) is 12.3 Å². The molecule has 0 atom stereocenters. The summed E-state index contributed by atoms with van der Waals surface area (Å²) < 4.78 is 10.7. The van der Waals surface area contributed by atoms with Gasteiger partial charge >= 0.3 is 0 Å². The minimum Gasteiger partial charge on any atom is -0.493 e. The third-order valence-electron chi connectivity index (χ3n) is 5.54. The smallest absolute Gasteiger partial charge is 0.223 e. The highest BCUT2D eigenvalue weighted by atomic mass is 16.5. The van der Waals surface area contributed by atoms with Crippen LogP contribution in [0.1, 0.15) is 43.2 Å². The number of carbonyl (C=O) groups excluding carboxylic acids is 2. The lowest BCUT2D eigenvalue weighted by Gasteiger charge is -2.29. The van der Waals surface area contributed by atoms with E-state index < -0.39 is 5.66 Å². The molecule has 2 heterocycles. The first-order valence-electron chi connectivity index (χ1n) is 10.2. The molecule has 30 heavy (non-hydrogen) atoms. The predicted molar refractivity (Wildman–Crippen MR) is 111 cm³/mol. The van der Waals surface area contributed by atoms with Gasteiger partial charge in [0.05, 0.1) is 14.2 Å². The van der Waals surface area contributed by atoms with Crippen molar-refractivity contribution < 1.29 is 19.1 Å². The summed E-state index contributed by atoms with van der Waals surface area (Å²) in [6.45, 7) is 1.61. The third-order valence-corrected chi connectivity index (χ3v) is 5.54. The number of nitrogens with one attached hydrogen (secondary N) is 1. The maximum Gasteiger partial charge on any atom is 0.223 e. The summed E-state index contributed by atoms with van der Waals surface area (Å²) in [5.74, 6) is 3.77. The van der Waals surface area contributed by atoms with Crippen molar-refractivity contribution in [1.29, 1.82) is 0 Å². The van der Waals surface area contributed by atoms with Crippen LogP contribution in [-0.2, 0) is 22.6 Å². The molecule has 1 aromatic carbocycles. The van der Waals surface area contributed by atoms with E-state index in [2.05, 4.69) is 21.5 Å². The maximum atomic E-state index is 12.6. The van der Waals surface area contributed by atoms with Gasteiger partial charge in [0, 0.05) is 51.7 Å². The zero-order valence-corrected chi connectivity index (χ0v) is 17.6. The van der Waals surface area contributed by atoms with Crippen LogP contribution in [0.25, 0.3) is 0 Å². The van der Waals surface area contributed by atoms with Crippen LogP contribution in [0.15, 0.2) is 22.4 Å². The second-order valence-corrected chi connectivity index (χ2v) is 7.53. The van der Waals surface area contributed by atoms with E-state index in [9.17, 15) is 9.59 Å². The number of nitrogens with zero attached hydrogens (tertiary/aromatic N) is 3. The van der Waals surface area contributed by atoms with Crippen LogP contribution >= 0.6 is 0 Å². The lowest BCUT2D eigenvalue weighted by molar-refractivity contribution is -0.134. The Kier molecular flexibility index (Phi) is 6.93. The molecule has 0 saturated heterocycles. The predicted octanol–water partition coefficient (Wildman–Crippen LogP) is 2.45. The monoisotopic (exact) mass is 412 g/mol. The first-order chi connectivity index (χ1) is 14.5. The van der Waals surface area contributed by atoms with Crippen LogP contribution in [0.4, 0.5) is 0 Å². The molecule has 8 nitrogen and oxygen atoms in total. The molecular weight excluding hydrogens is 384 g/mol. The quantitative estimate of drug-likeness (QED) is 0.598. The lowest BCUT2D eigenvalue weighted by Crippen LogP contribution is -2.37. The Morgan fingerprint density at radius 3 is 2.50 bits per heavy atom. The van der Waals surface area contributed by atoms with E-state index in [1.165, 1.54) is 0 Å². The van der Waals surface area contributed by atoms with Gasteiger partial charge in [0.25, 0.3) is 0 Å². The fourth-order valence-corrected chi connectivity index (χ4v) is 3.63. The maximum absolute atomic E-state index is 12.6. The molecule has 0 bridgehead atoms. The number of fused-ring (bicyclic) bond motifs is 1. The molecule has 3 rings (SSSR count). The molecule has 0 aliphatic carbocycles. The van der Waals surface area contributed by atoms with E-state index in [1.807, 2.05) is 12.1 Å². The van der Waals surface area contributed by atoms with Crippen molar-refractivity contribution in [2.24, 2.45) is 10.2 Å². The van der Waals surface area contributed by atoms with E-state index in [0.717, 1.165) is 17.5 Å². The Balaban J connectivity index is 1.42. The van der Waals surface area contributed by atoms with Gasteiger partial charge in [0.15, 0.2) is 17.2 Å². The molecule has 1 N–H and O–H groups in total. The number of rotatable bonds is 10. The lowest BCUT2D eigenvalue weighted by atomic mass is 9.98. The number of amides is 2. The molecule has 0 saturated carbocycles. The highest BCUT2D eigenvalue weighted by molar-refractivity contribution is 5.84.